The average molecular weight is 385 g/mol. The summed E-state index contributed by atoms with van der Waals surface area (Å²) in [6, 6.07) is 0. The van der Waals surface area contributed by atoms with Crippen LogP contribution in [-0.2, 0) is 23.8 Å². The first-order valence-electron chi connectivity index (χ1n) is 10.6. The number of epoxide rings is 1. The predicted molar refractivity (Wildman–Crippen MR) is 101 cm³/mol. The van der Waals surface area contributed by atoms with E-state index in [1.54, 1.807) is 6.92 Å². The Hall–Kier alpha value is -1.14. The Morgan fingerprint density at radius 1 is 1.07 bits per heavy atom. The second-order valence-corrected chi connectivity index (χ2v) is 8.17. The van der Waals surface area contributed by atoms with E-state index in [1.807, 2.05) is 0 Å². The SMILES string of the molecule is CCC(CCC(C)O)COC(=O)CCCCC(=O)OCC1CCC2OC2C1. The van der Waals surface area contributed by atoms with Gasteiger partial charge in [-0.25, -0.2) is 0 Å². The van der Waals surface area contributed by atoms with Crippen molar-refractivity contribution in [3.05, 3.63) is 0 Å². The molecule has 0 aromatic rings. The molecule has 27 heavy (non-hydrogen) atoms. The van der Waals surface area contributed by atoms with Crippen LogP contribution in [0.5, 0.6) is 0 Å². The van der Waals surface area contributed by atoms with Crippen LogP contribution in [0.1, 0.15) is 78.1 Å². The molecular formula is C21H36O6. The first-order chi connectivity index (χ1) is 13.0. The number of carbonyl (C=O) groups excluding carboxylic acids is 2. The monoisotopic (exact) mass is 384 g/mol. The summed E-state index contributed by atoms with van der Waals surface area (Å²) in [6.45, 7) is 4.75. The number of fused-ring (bicyclic) bond motifs is 1. The lowest BCUT2D eigenvalue weighted by Crippen LogP contribution is -2.20. The van der Waals surface area contributed by atoms with Gasteiger partial charge in [-0.2, -0.15) is 0 Å². The molecule has 1 aliphatic carbocycles. The molecule has 2 aliphatic rings. The van der Waals surface area contributed by atoms with Crippen LogP contribution in [0.4, 0.5) is 0 Å². The number of hydrogen-bond donors (Lipinski definition) is 1. The first kappa shape index (κ1) is 22.2. The highest BCUT2D eigenvalue weighted by atomic mass is 16.6. The summed E-state index contributed by atoms with van der Waals surface area (Å²) in [4.78, 5) is 23.6. The van der Waals surface area contributed by atoms with Gasteiger partial charge in [-0.1, -0.05) is 13.3 Å². The molecule has 2 rings (SSSR count). The molecule has 2 fully saturated rings. The number of rotatable bonds is 13. The van der Waals surface area contributed by atoms with Crippen LogP contribution in [0.25, 0.3) is 0 Å². The zero-order chi connectivity index (χ0) is 19.6. The van der Waals surface area contributed by atoms with Gasteiger partial charge in [-0.15, -0.1) is 0 Å². The number of aliphatic hydroxyl groups excluding tert-OH is 1. The van der Waals surface area contributed by atoms with E-state index in [2.05, 4.69) is 6.92 Å². The van der Waals surface area contributed by atoms with Gasteiger partial charge >= 0.3 is 11.9 Å². The number of esters is 2. The van der Waals surface area contributed by atoms with Crippen LogP contribution in [0.2, 0.25) is 0 Å². The van der Waals surface area contributed by atoms with Crippen LogP contribution in [0.3, 0.4) is 0 Å². The van der Waals surface area contributed by atoms with Gasteiger partial charge in [0.25, 0.3) is 0 Å². The van der Waals surface area contributed by atoms with E-state index in [-0.39, 0.29) is 18.0 Å². The third-order valence-corrected chi connectivity index (χ3v) is 5.65. The number of hydrogen-bond acceptors (Lipinski definition) is 6. The highest BCUT2D eigenvalue weighted by Crippen LogP contribution is 2.39. The summed E-state index contributed by atoms with van der Waals surface area (Å²) in [5, 5.41) is 9.34. The van der Waals surface area contributed by atoms with Crippen molar-refractivity contribution in [3.63, 3.8) is 0 Å². The zero-order valence-electron chi connectivity index (χ0n) is 16.9. The smallest absolute Gasteiger partial charge is 0.305 e. The Kier molecular flexibility index (Phi) is 9.56. The van der Waals surface area contributed by atoms with E-state index >= 15 is 0 Å². The lowest BCUT2D eigenvalue weighted by Gasteiger charge is -2.18. The molecule has 0 amide bonds. The number of ether oxygens (including phenoxy) is 3. The van der Waals surface area contributed by atoms with Crippen LogP contribution in [-0.4, -0.2) is 48.6 Å². The molecule has 1 N–H and O–H groups in total. The largest absolute Gasteiger partial charge is 0.465 e. The fourth-order valence-corrected chi connectivity index (χ4v) is 3.62. The van der Waals surface area contributed by atoms with Gasteiger partial charge in [0, 0.05) is 12.8 Å². The second kappa shape index (κ2) is 11.6. The summed E-state index contributed by atoms with van der Waals surface area (Å²) in [7, 11) is 0. The standard InChI is InChI=1S/C21H36O6/c1-3-16(9-8-15(2)22)13-25-20(23)6-4-5-7-21(24)26-14-17-10-11-18-19(12-17)27-18/h15-19,22H,3-14H2,1-2H3. The molecule has 0 spiro atoms. The maximum Gasteiger partial charge on any atom is 0.305 e. The highest BCUT2D eigenvalue weighted by Gasteiger charge is 2.43. The van der Waals surface area contributed by atoms with Crippen molar-refractivity contribution in [2.24, 2.45) is 11.8 Å². The topological polar surface area (TPSA) is 85.4 Å². The van der Waals surface area contributed by atoms with E-state index in [9.17, 15) is 14.7 Å². The molecule has 0 aromatic carbocycles. The van der Waals surface area contributed by atoms with Crippen LogP contribution in [0, 0.1) is 11.8 Å². The molecule has 0 bridgehead atoms. The number of aliphatic hydroxyl groups is 1. The minimum Gasteiger partial charge on any atom is -0.465 e. The van der Waals surface area contributed by atoms with Gasteiger partial charge in [0.1, 0.15) is 0 Å². The minimum absolute atomic E-state index is 0.175. The molecular weight excluding hydrogens is 348 g/mol. The molecule has 5 atom stereocenters. The van der Waals surface area contributed by atoms with E-state index in [4.69, 9.17) is 14.2 Å². The molecule has 0 aromatic heterocycles. The van der Waals surface area contributed by atoms with Gasteiger partial charge in [-0.05, 0) is 63.7 Å². The molecule has 6 nitrogen and oxygen atoms in total. The van der Waals surface area contributed by atoms with Gasteiger partial charge < -0.3 is 19.3 Å². The summed E-state index contributed by atoms with van der Waals surface area (Å²) in [6.07, 6.45) is 8.25. The van der Waals surface area contributed by atoms with E-state index in [1.165, 1.54) is 0 Å². The third kappa shape index (κ3) is 9.06. The Labute approximate surface area is 162 Å². The lowest BCUT2D eigenvalue weighted by molar-refractivity contribution is -0.147. The van der Waals surface area contributed by atoms with Gasteiger partial charge in [0.15, 0.2) is 0 Å². The zero-order valence-corrected chi connectivity index (χ0v) is 16.9. The minimum atomic E-state index is -0.313. The van der Waals surface area contributed by atoms with Crippen molar-refractivity contribution in [2.45, 2.75) is 96.4 Å². The van der Waals surface area contributed by atoms with Gasteiger partial charge in [-0.3, -0.25) is 9.59 Å². The Morgan fingerprint density at radius 3 is 2.41 bits per heavy atom. The lowest BCUT2D eigenvalue weighted by atomic mass is 9.90. The molecule has 1 heterocycles. The third-order valence-electron chi connectivity index (χ3n) is 5.65. The first-order valence-corrected chi connectivity index (χ1v) is 10.6. The maximum atomic E-state index is 11.8. The van der Waals surface area contributed by atoms with Crippen LogP contribution in [0.15, 0.2) is 0 Å². The van der Waals surface area contributed by atoms with E-state index in [0.29, 0.717) is 62.9 Å². The van der Waals surface area contributed by atoms with Crippen molar-refractivity contribution in [3.8, 4) is 0 Å². The second-order valence-electron chi connectivity index (χ2n) is 8.17. The Balaban J connectivity index is 1.45. The summed E-state index contributed by atoms with van der Waals surface area (Å²) < 4.78 is 16.2. The summed E-state index contributed by atoms with van der Waals surface area (Å²) >= 11 is 0. The molecule has 1 saturated carbocycles. The van der Waals surface area contributed by atoms with Crippen LogP contribution >= 0.6 is 0 Å². The average Bonchev–Trinajstić information content (AvgIpc) is 3.42. The van der Waals surface area contributed by atoms with E-state index < -0.39 is 0 Å². The Morgan fingerprint density at radius 2 is 1.78 bits per heavy atom. The van der Waals surface area contributed by atoms with Crippen molar-refractivity contribution < 1.29 is 28.9 Å². The number of carbonyl (C=O) groups is 2. The van der Waals surface area contributed by atoms with Crippen molar-refractivity contribution in [1.29, 1.82) is 0 Å². The normalized spacial score (nSPS) is 26.0. The van der Waals surface area contributed by atoms with Gasteiger partial charge in [0.05, 0.1) is 31.5 Å². The fraction of sp³-hybridized carbons (Fsp3) is 0.905. The predicted octanol–water partition coefficient (Wildman–Crippen LogP) is 3.39. The molecule has 6 heteroatoms. The van der Waals surface area contributed by atoms with Gasteiger partial charge in [0.2, 0.25) is 0 Å². The van der Waals surface area contributed by atoms with Crippen molar-refractivity contribution in [2.75, 3.05) is 13.2 Å². The molecule has 1 saturated heterocycles. The molecule has 1 aliphatic heterocycles. The quantitative estimate of drug-likeness (QED) is 0.298. The number of unbranched alkanes of at least 4 members (excludes halogenated alkanes) is 1. The highest BCUT2D eigenvalue weighted by molar-refractivity contribution is 5.70. The Bertz CT molecular complexity index is 464. The molecule has 156 valence electrons. The van der Waals surface area contributed by atoms with Crippen molar-refractivity contribution in [1.82, 2.24) is 0 Å². The van der Waals surface area contributed by atoms with Crippen LogP contribution < -0.4 is 0 Å². The summed E-state index contributed by atoms with van der Waals surface area (Å²) in [5.41, 5.74) is 0. The molecule has 0 radical (unpaired) electrons. The van der Waals surface area contributed by atoms with E-state index in [0.717, 1.165) is 38.5 Å². The van der Waals surface area contributed by atoms with Crippen molar-refractivity contribution >= 4 is 11.9 Å². The summed E-state index contributed by atoms with van der Waals surface area (Å²) in [5.74, 6) is 0.356. The molecule has 5 unspecified atom stereocenters. The maximum absolute atomic E-state index is 11.8. The fourth-order valence-electron chi connectivity index (χ4n) is 3.62.